The van der Waals surface area contributed by atoms with Gasteiger partial charge < -0.3 is 41.4 Å². The lowest BCUT2D eigenvalue weighted by molar-refractivity contribution is -0.153. The van der Waals surface area contributed by atoms with Crippen molar-refractivity contribution in [3.63, 3.8) is 0 Å². The fourth-order valence-electron chi connectivity index (χ4n) is 7.05. The van der Waals surface area contributed by atoms with Crippen LogP contribution >= 0.6 is 24.4 Å². The number of cyclic esters (lactones) is 2. The Kier molecular flexibility index (Phi) is 27.9. The molecule has 2 aliphatic heterocycles. The zero-order valence-electron chi connectivity index (χ0n) is 43.9. The highest BCUT2D eigenvalue weighted by atomic mass is 32.2. The van der Waals surface area contributed by atoms with E-state index in [1.54, 1.807) is 52.0 Å². The van der Waals surface area contributed by atoms with Crippen LogP contribution in [0.3, 0.4) is 0 Å². The van der Waals surface area contributed by atoms with Gasteiger partial charge in [-0.1, -0.05) is 89.9 Å². The number of ether oxygens (including phenoxy) is 2. The second-order valence-corrected chi connectivity index (χ2v) is 19.7. The third-order valence-corrected chi connectivity index (χ3v) is 12.4. The first-order valence-corrected chi connectivity index (χ1v) is 26.7. The second-order valence-electron chi connectivity index (χ2n) is 18.1. The molecule has 6 amide bonds. The Hall–Kier alpha value is -6.75. The first-order valence-electron chi connectivity index (χ1n) is 25.1. The molecule has 4 bridgehead atoms. The van der Waals surface area contributed by atoms with Gasteiger partial charge in [0.1, 0.15) is 58.7 Å². The summed E-state index contributed by atoms with van der Waals surface area (Å²) >= 11 is 5.38. The number of allylic oxidation sites excluding steroid dienone is 4. The summed E-state index contributed by atoms with van der Waals surface area (Å²) in [4.78, 5) is 123. The number of halogens is 2. The van der Waals surface area contributed by atoms with E-state index in [0.29, 0.717) is 30.8 Å². The lowest BCUT2D eigenvalue weighted by Gasteiger charge is -2.24. The number of amides is 6. The summed E-state index contributed by atoms with van der Waals surface area (Å²) in [6, 6.07) is 1.87. The fourth-order valence-corrected chi connectivity index (χ4v) is 7.97. The summed E-state index contributed by atoms with van der Waals surface area (Å²) in [6.07, 6.45) is 12.9. The molecule has 0 spiro atoms. The van der Waals surface area contributed by atoms with Gasteiger partial charge in [-0.2, -0.15) is 12.6 Å². The van der Waals surface area contributed by atoms with Gasteiger partial charge in [-0.3, -0.25) is 33.6 Å². The van der Waals surface area contributed by atoms with Gasteiger partial charge in [0.15, 0.2) is 5.12 Å². The smallest absolute Gasteiger partial charge is 0.329 e. The first-order chi connectivity index (χ1) is 36.2. The summed E-state index contributed by atoms with van der Waals surface area (Å²) in [7, 11) is 0. The number of hydrogen-bond acceptors (Lipinski definition) is 15. The molecule has 19 nitrogen and oxygen atoms in total. The van der Waals surface area contributed by atoms with E-state index in [1.807, 2.05) is 0 Å². The molecule has 0 saturated heterocycles. The highest BCUT2D eigenvalue weighted by molar-refractivity contribution is 8.13. The lowest BCUT2D eigenvalue weighted by atomic mass is 10.0. The molecule has 76 heavy (non-hydrogen) atoms. The Labute approximate surface area is 451 Å². The molecule has 0 aliphatic carbocycles. The van der Waals surface area contributed by atoms with Crippen molar-refractivity contribution in [1.82, 2.24) is 41.9 Å². The third kappa shape index (κ3) is 22.6. The molecule has 4 heterocycles. The van der Waals surface area contributed by atoms with Gasteiger partial charge in [-0.25, -0.2) is 28.3 Å². The highest BCUT2D eigenvalue weighted by Crippen LogP contribution is 2.17. The number of thiol groups is 1. The normalized spacial score (nSPS) is 20.8. The molecule has 0 unspecified atom stereocenters. The predicted octanol–water partition coefficient (Wildman–Crippen LogP) is 5.91. The number of fused-ring (bicyclic) bond motifs is 4. The molecular formula is C53H70F2N8O11S2. The summed E-state index contributed by atoms with van der Waals surface area (Å²) in [5.41, 5.74) is -0.641. The molecule has 2 aliphatic rings. The molecule has 0 fully saturated rings. The SMILES string of the molecule is C/C=C1\NC(=O)c2cc(F)cc(n2)CNC(=O)C[C@@H](/C=C/CCS)OC(=O)[C@H](C(C)C)NC1=O.C/C=C1\NC(=O)c2cc(F)cc(n2)CNC(=O)C[C@@H](/C=C/CCSC(=O)CCCCCC)OC(=O)[C@H](C(C)C)NC1=O. The van der Waals surface area contributed by atoms with Crippen molar-refractivity contribution < 1.29 is 61.4 Å². The van der Waals surface area contributed by atoms with Gasteiger partial charge in [-0.15, -0.1) is 0 Å². The van der Waals surface area contributed by atoms with E-state index in [0.717, 1.165) is 49.9 Å². The van der Waals surface area contributed by atoms with Crippen LogP contribution in [0.25, 0.3) is 0 Å². The number of esters is 2. The Morgan fingerprint density at radius 3 is 1.54 bits per heavy atom. The number of nitrogens with zero attached hydrogens (tertiary/aromatic N) is 2. The number of pyridine rings is 2. The van der Waals surface area contributed by atoms with E-state index in [1.165, 1.54) is 37.8 Å². The van der Waals surface area contributed by atoms with Gasteiger partial charge in [0.05, 0.1) is 37.3 Å². The van der Waals surface area contributed by atoms with Crippen LogP contribution < -0.4 is 31.9 Å². The number of unbranched alkanes of at least 4 members (excludes halogenated alkanes) is 3. The van der Waals surface area contributed by atoms with Gasteiger partial charge in [0.2, 0.25) is 11.8 Å². The van der Waals surface area contributed by atoms with Crippen LogP contribution in [0.4, 0.5) is 8.78 Å². The van der Waals surface area contributed by atoms with Crippen LogP contribution in [-0.4, -0.2) is 98.3 Å². The molecule has 0 saturated carbocycles. The van der Waals surface area contributed by atoms with E-state index in [4.69, 9.17) is 9.47 Å². The van der Waals surface area contributed by atoms with Crippen LogP contribution in [0.1, 0.15) is 139 Å². The predicted molar refractivity (Wildman–Crippen MR) is 285 cm³/mol. The number of thioether (sulfide) groups is 1. The van der Waals surface area contributed by atoms with Crippen LogP contribution in [-0.2, 0) is 56.1 Å². The molecular weight excluding hydrogens is 1030 g/mol. The van der Waals surface area contributed by atoms with Crippen molar-refractivity contribution in [2.75, 3.05) is 11.5 Å². The van der Waals surface area contributed by atoms with Crippen molar-refractivity contribution >= 4 is 76.9 Å². The number of aromatic nitrogens is 2. The van der Waals surface area contributed by atoms with Crippen LogP contribution in [0, 0.1) is 23.5 Å². The maximum absolute atomic E-state index is 14.2. The molecule has 6 N–H and O–H groups in total. The van der Waals surface area contributed by atoms with E-state index in [9.17, 15) is 51.9 Å². The summed E-state index contributed by atoms with van der Waals surface area (Å²) < 4.78 is 39.5. The quantitative estimate of drug-likeness (QED) is 0.0382. The number of hydrogen-bond donors (Lipinski definition) is 7. The van der Waals surface area contributed by atoms with Crippen molar-refractivity contribution in [3.05, 3.63) is 107 Å². The summed E-state index contributed by atoms with van der Waals surface area (Å²) in [5, 5.41) is 15.3. The standard InChI is InChI=1S/C30H41FN4O6S.C23H29FN4O5S/c1-5-7-8-9-13-26(37)42-14-11-10-12-22-17-25(36)32-18-21-15-20(31)16-24(33-21)29(39)34-23(6-2)28(38)35-27(19(3)4)30(40)41-22;1-4-17-21(30)28-20(13(2)3)23(32)33-16(7-5-6-8-34)11-19(29)25-12-15-9-14(24)10-18(26-15)22(31)27-17/h6,10,12,15-16,19,22,27H,5,7-9,11,13-14,17-18H2,1-4H3,(H,32,36)(H,34,39)(H,35,38);4-5,7,9-10,13,16,20,34H,6,8,11-12H2,1-3H3,(H,25,29)(H,27,31)(H,28,30)/b12-10+,23-6-;7-5+,17-4-/t22-,27+;16-,20+/m11/s1. The third-order valence-electron chi connectivity index (χ3n) is 11.1. The average Bonchev–Trinajstić information content (AvgIpc) is 3.36. The molecule has 2 aromatic heterocycles. The maximum atomic E-state index is 14.2. The lowest BCUT2D eigenvalue weighted by Crippen LogP contribution is -2.48. The Morgan fingerprint density at radius 2 is 1.13 bits per heavy atom. The minimum Gasteiger partial charge on any atom is -0.456 e. The van der Waals surface area contributed by atoms with Crippen molar-refractivity contribution in [1.29, 1.82) is 0 Å². The van der Waals surface area contributed by atoms with E-state index >= 15 is 0 Å². The molecule has 23 heteroatoms. The zero-order valence-corrected chi connectivity index (χ0v) is 45.6. The molecule has 2 aromatic rings. The minimum atomic E-state index is -1.09. The van der Waals surface area contributed by atoms with E-state index in [-0.39, 0.29) is 77.1 Å². The Morgan fingerprint density at radius 1 is 0.684 bits per heavy atom. The maximum Gasteiger partial charge on any atom is 0.329 e. The second kappa shape index (κ2) is 33.3. The fraction of sp³-hybridized carbons (Fsp3) is 0.491. The van der Waals surface area contributed by atoms with Crippen molar-refractivity contribution in [2.24, 2.45) is 11.8 Å². The van der Waals surface area contributed by atoms with E-state index < -0.39 is 83.3 Å². The molecule has 4 rings (SSSR count). The number of carbonyl (C=O) groups is 9. The molecule has 4 atom stereocenters. The van der Waals surface area contributed by atoms with Crippen LogP contribution in [0.5, 0.6) is 0 Å². The van der Waals surface area contributed by atoms with Gasteiger partial charge in [0, 0.05) is 24.3 Å². The van der Waals surface area contributed by atoms with Gasteiger partial charge >= 0.3 is 11.9 Å². The zero-order chi connectivity index (χ0) is 56.3. The Balaban J connectivity index is 0.000000409. The van der Waals surface area contributed by atoms with Crippen LogP contribution in [0.2, 0.25) is 0 Å². The Bertz CT molecular complexity index is 2520. The average molecular weight is 1100 g/mol. The monoisotopic (exact) mass is 1100 g/mol. The van der Waals surface area contributed by atoms with E-state index in [2.05, 4.69) is 61.4 Å². The molecule has 414 valence electrons. The summed E-state index contributed by atoms with van der Waals surface area (Å²) in [6.45, 7) is 11.7. The van der Waals surface area contributed by atoms with Crippen molar-refractivity contribution in [3.8, 4) is 0 Å². The summed E-state index contributed by atoms with van der Waals surface area (Å²) in [5.74, 6) is -6.65. The first kappa shape index (κ1) is 63.5. The molecule has 0 radical (unpaired) electrons. The number of rotatable bonds is 14. The number of nitrogens with one attached hydrogen (secondary N) is 6. The number of carbonyl (C=O) groups excluding carboxylic acids is 9. The van der Waals surface area contributed by atoms with Crippen LogP contribution in [0.15, 0.2) is 72.1 Å². The molecule has 0 aromatic carbocycles. The minimum absolute atomic E-state index is 0.0902. The van der Waals surface area contributed by atoms with Gasteiger partial charge in [-0.05, 0) is 75.0 Å². The largest absolute Gasteiger partial charge is 0.456 e. The topological polar surface area (TPSA) is 270 Å². The van der Waals surface area contributed by atoms with Gasteiger partial charge in [0.25, 0.3) is 23.6 Å². The highest BCUT2D eigenvalue weighted by Gasteiger charge is 2.32. The van der Waals surface area contributed by atoms with Crippen molar-refractivity contribution in [2.45, 2.75) is 144 Å².